The number of nitrogens with two attached hydrogens (primary N) is 1. The summed E-state index contributed by atoms with van der Waals surface area (Å²) in [5, 5.41) is 6.17. The first-order valence-electron chi connectivity index (χ1n) is 11.5. The molecular weight excluding hydrogens is 437 g/mol. The summed E-state index contributed by atoms with van der Waals surface area (Å²) < 4.78 is 14.6. The van der Waals surface area contributed by atoms with Crippen LogP contribution >= 0.6 is 11.6 Å². The van der Waals surface area contributed by atoms with Gasteiger partial charge in [-0.3, -0.25) is 4.79 Å². The van der Waals surface area contributed by atoms with Gasteiger partial charge in [0.2, 0.25) is 5.91 Å². The Kier molecular flexibility index (Phi) is 7.03. The lowest BCUT2D eigenvalue weighted by molar-refractivity contribution is -0.133. The highest BCUT2D eigenvalue weighted by Crippen LogP contribution is 2.39. The summed E-state index contributed by atoms with van der Waals surface area (Å²) in [5.41, 5.74) is 7.64. The summed E-state index contributed by atoms with van der Waals surface area (Å²) in [6.45, 7) is 3.78. The predicted octanol–water partition coefficient (Wildman–Crippen LogP) is 5.32. The third-order valence-electron chi connectivity index (χ3n) is 7.22. The quantitative estimate of drug-likeness (QED) is 0.515. The third kappa shape index (κ3) is 4.77. The molecule has 1 atom stereocenters. The minimum absolute atomic E-state index is 0.0387. The van der Waals surface area contributed by atoms with Gasteiger partial charge < -0.3 is 16.0 Å². The van der Waals surface area contributed by atoms with Crippen molar-refractivity contribution >= 4 is 28.3 Å². The van der Waals surface area contributed by atoms with E-state index in [1.54, 1.807) is 17.0 Å². The minimum Gasteiger partial charge on any atom is -0.339 e. The third-order valence-corrected chi connectivity index (χ3v) is 7.44. The van der Waals surface area contributed by atoms with E-state index in [9.17, 15) is 9.18 Å². The number of rotatable bonds is 6. The van der Waals surface area contributed by atoms with Crippen LogP contribution in [0.2, 0.25) is 5.02 Å². The fraction of sp³-hybridized carbons (Fsp3) is 0.370. The molecule has 3 aromatic carbocycles. The van der Waals surface area contributed by atoms with Gasteiger partial charge in [0.25, 0.3) is 0 Å². The van der Waals surface area contributed by atoms with Gasteiger partial charge in [0, 0.05) is 36.0 Å². The zero-order valence-electron chi connectivity index (χ0n) is 19.2. The molecule has 0 aromatic heterocycles. The van der Waals surface area contributed by atoms with Crippen LogP contribution in [0.1, 0.15) is 48.9 Å². The Balaban J connectivity index is 1.63. The molecule has 33 heavy (non-hydrogen) atoms. The molecule has 174 valence electrons. The number of hydrogen-bond donors (Lipinski definition) is 2. The van der Waals surface area contributed by atoms with Crippen LogP contribution in [-0.2, 0) is 16.8 Å². The molecule has 0 saturated carbocycles. The number of amides is 1. The van der Waals surface area contributed by atoms with Crippen LogP contribution in [0.25, 0.3) is 10.8 Å². The van der Waals surface area contributed by atoms with Crippen LogP contribution in [-0.4, -0.2) is 30.9 Å². The lowest BCUT2D eigenvalue weighted by atomic mass is 9.70. The van der Waals surface area contributed by atoms with E-state index in [0.29, 0.717) is 17.0 Å². The first-order chi connectivity index (χ1) is 15.8. The second-order valence-corrected chi connectivity index (χ2v) is 9.55. The smallest absolute Gasteiger partial charge is 0.223 e. The van der Waals surface area contributed by atoms with Crippen LogP contribution in [0.15, 0.2) is 54.6 Å². The molecule has 0 spiro atoms. The van der Waals surface area contributed by atoms with E-state index in [1.165, 1.54) is 0 Å². The molecule has 3 N–H and O–H groups in total. The highest BCUT2D eigenvalue weighted by Gasteiger charge is 2.38. The second-order valence-electron chi connectivity index (χ2n) is 9.11. The number of fused-ring (bicyclic) bond motifs is 1. The maximum atomic E-state index is 14.6. The van der Waals surface area contributed by atoms with Crippen molar-refractivity contribution in [2.75, 3.05) is 20.1 Å². The van der Waals surface area contributed by atoms with Gasteiger partial charge in [0.15, 0.2) is 0 Å². The van der Waals surface area contributed by atoms with Crippen molar-refractivity contribution in [3.63, 3.8) is 0 Å². The van der Waals surface area contributed by atoms with Crippen LogP contribution in [0.5, 0.6) is 0 Å². The molecular formula is C27H31ClFN3O. The number of benzene rings is 3. The highest BCUT2D eigenvalue weighted by atomic mass is 35.5. The molecule has 4 nitrogen and oxygen atoms in total. The number of halogens is 2. The topological polar surface area (TPSA) is 58.4 Å². The number of nitrogens with zero attached hydrogens (tertiary/aromatic N) is 1. The molecule has 1 aliphatic rings. The molecule has 0 radical (unpaired) electrons. The zero-order valence-corrected chi connectivity index (χ0v) is 20.0. The Morgan fingerprint density at radius 3 is 2.61 bits per heavy atom. The van der Waals surface area contributed by atoms with Gasteiger partial charge in [0.1, 0.15) is 5.82 Å². The van der Waals surface area contributed by atoms with Crippen molar-refractivity contribution < 1.29 is 9.18 Å². The molecule has 3 aromatic rings. The largest absolute Gasteiger partial charge is 0.339 e. The SMILES string of the molecule is CC(c1cc(Cl)cc2ccccc12)N(C)C(=O)CC1(c2ccc(CN)c(F)c2)CCNCC1. The van der Waals surface area contributed by atoms with Crippen LogP contribution < -0.4 is 11.1 Å². The fourth-order valence-corrected chi connectivity index (χ4v) is 5.24. The highest BCUT2D eigenvalue weighted by molar-refractivity contribution is 6.31. The van der Waals surface area contributed by atoms with E-state index in [2.05, 4.69) is 11.4 Å². The van der Waals surface area contributed by atoms with Crippen molar-refractivity contribution in [2.24, 2.45) is 5.73 Å². The summed E-state index contributed by atoms with van der Waals surface area (Å²) in [5.74, 6) is -0.260. The van der Waals surface area contributed by atoms with Crippen molar-refractivity contribution in [1.82, 2.24) is 10.2 Å². The molecule has 0 bridgehead atoms. The first-order valence-corrected chi connectivity index (χ1v) is 11.9. The first kappa shape index (κ1) is 23.7. The molecule has 1 aliphatic heterocycles. The van der Waals surface area contributed by atoms with Gasteiger partial charge >= 0.3 is 0 Å². The van der Waals surface area contributed by atoms with E-state index in [-0.39, 0.29) is 24.3 Å². The predicted molar refractivity (Wildman–Crippen MR) is 133 cm³/mol. The number of hydrogen-bond acceptors (Lipinski definition) is 3. The zero-order chi connectivity index (χ0) is 23.6. The number of nitrogens with one attached hydrogen (secondary N) is 1. The Morgan fingerprint density at radius 1 is 1.18 bits per heavy atom. The summed E-state index contributed by atoms with van der Waals surface area (Å²) in [6, 6.07) is 17.1. The summed E-state index contributed by atoms with van der Waals surface area (Å²) >= 11 is 6.39. The van der Waals surface area contributed by atoms with Crippen molar-refractivity contribution in [3.8, 4) is 0 Å². The van der Waals surface area contributed by atoms with Gasteiger partial charge in [-0.05, 0) is 73.0 Å². The molecule has 6 heteroatoms. The lowest BCUT2D eigenvalue weighted by Crippen LogP contribution is -2.44. The Labute approximate surface area is 199 Å². The van der Waals surface area contributed by atoms with Gasteiger partial charge in [-0.1, -0.05) is 48.0 Å². The van der Waals surface area contributed by atoms with Gasteiger partial charge in [-0.25, -0.2) is 4.39 Å². The van der Waals surface area contributed by atoms with Gasteiger partial charge in [0.05, 0.1) is 6.04 Å². The monoisotopic (exact) mass is 467 g/mol. The van der Waals surface area contributed by atoms with E-state index in [1.807, 2.05) is 50.4 Å². The normalized spacial score (nSPS) is 16.5. The fourth-order valence-electron chi connectivity index (χ4n) is 5.00. The van der Waals surface area contributed by atoms with Crippen LogP contribution in [0.4, 0.5) is 4.39 Å². The summed E-state index contributed by atoms with van der Waals surface area (Å²) in [6.07, 6.45) is 1.89. The molecule has 1 saturated heterocycles. The Bertz CT molecular complexity index is 1160. The van der Waals surface area contributed by atoms with Crippen LogP contribution in [0, 0.1) is 5.82 Å². The molecule has 0 aliphatic carbocycles. The van der Waals surface area contributed by atoms with Crippen molar-refractivity contribution in [1.29, 1.82) is 0 Å². The van der Waals surface area contributed by atoms with E-state index in [4.69, 9.17) is 17.3 Å². The second kappa shape index (κ2) is 9.80. The standard InChI is InChI=1S/C27H31ClFN3O/c1-18(24-15-22(28)13-19-5-3-4-6-23(19)24)32(2)26(33)16-27(9-11-31-12-10-27)21-8-7-20(17-30)25(29)14-21/h3-8,13-15,18,31H,9-12,16-17,30H2,1-2H3. The van der Waals surface area contributed by atoms with E-state index in [0.717, 1.165) is 47.8 Å². The van der Waals surface area contributed by atoms with Crippen molar-refractivity contribution in [3.05, 3.63) is 82.1 Å². The average Bonchev–Trinajstić information content (AvgIpc) is 2.83. The number of carbonyl (C=O) groups is 1. The molecule has 1 fully saturated rings. The lowest BCUT2D eigenvalue weighted by Gasteiger charge is -2.39. The summed E-state index contributed by atoms with van der Waals surface area (Å²) in [7, 11) is 1.84. The van der Waals surface area contributed by atoms with Gasteiger partial charge in [-0.15, -0.1) is 0 Å². The van der Waals surface area contributed by atoms with E-state index < -0.39 is 5.41 Å². The Hall–Kier alpha value is -2.47. The molecule has 4 rings (SSSR count). The molecule has 1 amide bonds. The maximum absolute atomic E-state index is 14.6. The Morgan fingerprint density at radius 2 is 1.91 bits per heavy atom. The number of carbonyl (C=O) groups excluding carboxylic acids is 1. The molecule has 1 unspecified atom stereocenters. The van der Waals surface area contributed by atoms with Crippen LogP contribution in [0.3, 0.4) is 0 Å². The average molecular weight is 468 g/mol. The van der Waals surface area contributed by atoms with Gasteiger partial charge in [-0.2, -0.15) is 0 Å². The number of piperidine rings is 1. The van der Waals surface area contributed by atoms with E-state index >= 15 is 0 Å². The minimum atomic E-state index is -0.402. The molecule has 1 heterocycles. The summed E-state index contributed by atoms with van der Waals surface area (Å²) in [4.78, 5) is 15.4. The maximum Gasteiger partial charge on any atom is 0.223 e. The van der Waals surface area contributed by atoms with Crippen molar-refractivity contribution in [2.45, 2.75) is 44.2 Å².